The summed E-state index contributed by atoms with van der Waals surface area (Å²) in [4.78, 5) is 23.6. The zero-order valence-corrected chi connectivity index (χ0v) is 11.9. The van der Waals surface area contributed by atoms with E-state index in [2.05, 4.69) is 5.32 Å². The van der Waals surface area contributed by atoms with Crippen LogP contribution in [0.3, 0.4) is 0 Å². The second-order valence-electron chi connectivity index (χ2n) is 5.08. The summed E-state index contributed by atoms with van der Waals surface area (Å²) in [5.41, 5.74) is 0. The van der Waals surface area contributed by atoms with E-state index in [0.717, 1.165) is 25.7 Å². The summed E-state index contributed by atoms with van der Waals surface area (Å²) in [7, 11) is 1.61. The second-order valence-corrected chi connectivity index (χ2v) is 5.08. The van der Waals surface area contributed by atoms with Crippen LogP contribution in [0.2, 0.25) is 0 Å². The van der Waals surface area contributed by atoms with E-state index in [1.165, 1.54) is 6.42 Å². The van der Waals surface area contributed by atoms with Crippen molar-refractivity contribution >= 4 is 11.9 Å². The highest BCUT2D eigenvalue weighted by Gasteiger charge is 2.24. The number of carbonyl (C=O) groups excluding carboxylic acids is 2. The average Bonchev–Trinajstić information content (AvgIpc) is 2.44. The van der Waals surface area contributed by atoms with Crippen molar-refractivity contribution in [2.45, 2.75) is 51.5 Å². The van der Waals surface area contributed by atoms with Crippen molar-refractivity contribution in [2.75, 3.05) is 20.3 Å². The lowest BCUT2D eigenvalue weighted by molar-refractivity contribution is -0.148. The van der Waals surface area contributed by atoms with Gasteiger partial charge in [-0.3, -0.25) is 4.79 Å². The van der Waals surface area contributed by atoms with Gasteiger partial charge in [-0.15, -0.1) is 0 Å². The van der Waals surface area contributed by atoms with Crippen LogP contribution in [0.4, 0.5) is 0 Å². The quantitative estimate of drug-likeness (QED) is 0.565. The van der Waals surface area contributed by atoms with Crippen LogP contribution in [0.15, 0.2) is 0 Å². The minimum Gasteiger partial charge on any atom is -0.464 e. The van der Waals surface area contributed by atoms with Crippen LogP contribution in [0, 0.1) is 5.92 Å². The molecule has 0 radical (unpaired) electrons. The summed E-state index contributed by atoms with van der Waals surface area (Å²) in [5, 5.41) is 2.75. The summed E-state index contributed by atoms with van der Waals surface area (Å²) in [6.07, 6.45) is 5.96. The van der Waals surface area contributed by atoms with Gasteiger partial charge in [0.2, 0.25) is 5.91 Å². The highest BCUT2D eigenvalue weighted by Crippen LogP contribution is 2.23. The number of amides is 1. The Bertz CT molecular complexity index is 287. The maximum Gasteiger partial charge on any atom is 0.328 e. The molecule has 0 aromatic carbocycles. The Labute approximate surface area is 115 Å². The molecule has 1 aliphatic rings. The molecule has 1 aliphatic carbocycles. The molecule has 1 N–H and O–H groups in total. The molecule has 5 heteroatoms. The van der Waals surface area contributed by atoms with Crippen molar-refractivity contribution in [1.29, 1.82) is 0 Å². The van der Waals surface area contributed by atoms with E-state index in [-0.39, 0.29) is 17.8 Å². The van der Waals surface area contributed by atoms with Gasteiger partial charge in [-0.05, 0) is 19.8 Å². The number of ether oxygens (including phenoxy) is 2. The van der Waals surface area contributed by atoms with Crippen LogP contribution in [0.5, 0.6) is 0 Å². The maximum atomic E-state index is 12.0. The van der Waals surface area contributed by atoms with Gasteiger partial charge < -0.3 is 14.8 Å². The number of rotatable bonds is 7. The Morgan fingerprint density at radius 2 is 1.89 bits per heavy atom. The molecule has 0 spiro atoms. The summed E-state index contributed by atoms with van der Waals surface area (Å²) in [5.74, 6) is -0.321. The van der Waals surface area contributed by atoms with Gasteiger partial charge in [0.15, 0.2) is 0 Å². The Kier molecular flexibility index (Phi) is 7.48. The van der Waals surface area contributed by atoms with Gasteiger partial charge in [0, 0.05) is 26.1 Å². The average molecular weight is 271 g/mol. The first-order valence-electron chi connectivity index (χ1n) is 7.11. The largest absolute Gasteiger partial charge is 0.464 e. The van der Waals surface area contributed by atoms with E-state index >= 15 is 0 Å². The van der Waals surface area contributed by atoms with Crippen molar-refractivity contribution in [2.24, 2.45) is 5.92 Å². The van der Waals surface area contributed by atoms with Crippen LogP contribution in [-0.4, -0.2) is 38.2 Å². The molecule has 5 nitrogen and oxygen atoms in total. The van der Waals surface area contributed by atoms with E-state index < -0.39 is 6.04 Å². The number of nitrogens with one attached hydrogen (secondary N) is 1. The fourth-order valence-corrected chi connectivity index (χ4v) is 2.26. The first-order chi connectivity index (χ1) is 9.15. The zero-order chi connectivity index (χ0) is 14.1. The standard InChI is InChI=1S/C14H25NO4/c1-11(14(17)19-10-6-9-18-2)15-13(16)12-7-4-3-5-8-12/h11-12H,3-10H2,1-2H3,(H,15,16). The Hall–Kier alpha value is -1.10. The lowest BCUT2D eigenvalue weighted by Gasteiger charge is -2.22. The number of methoxy groups -OCH3 is 1. The molecule has 0 aliphatic heterocycles. The van der Waals surface area contributed by atoms with Gasteiger partial charge in [-0.25, -0.2) is 4.79 Å². The predicted molar refractivity (Wildman–Crippen MR) is 71.6 cm³/mol. The summed E-state index contributed by atoms with van der Waals surface area (Å²) in [6, 6.07) is -0.572. The number of carbonyl (C=O) groups is 2. The van der Waals surface area contributed by atoms with Crippen molar-refractivity contribution < 1.29 is 19.1 Å². The first kappa shape index (κ1) is 16.0. The normalized spacial score (nSPS) is 17.8. The molecule has 1 unspecified atom stereocenters. The molecule has 0 aromatic rings. The van der Waals surface area contributed by atoms with Gasteiger partial charge in [-0.2, -0.15) is 0 Å². The van der Waals surface area contributed by atoms with Crippen LogP contribution >= 0.6 is 0 Å². The molecule has 1 amide bonds. The fourth-order valence-electron chi connectivity index (χ4n) is 2.26. The summed E-state index contributed by atoms with van der Waals surface area (Å²) in [6.45, 7) is 2.56. The molecule has 1 atom stereocenters. The van der Waals surface area contributed by atoms with E-state index in [1.54, 1.807) is 14.0 Å². The smallest absolute Gasteiger partial charge is 0.328 e. The lowest BCUT2D eigenvalue weighted by Crippen LogP contribution is -2.43. The Balaban J connectivity index is 2.22. The van der Waals surface area contributed by atoms with E-state index in [9.17, 15) is 9.59 Å². The minimum absolute atomic E-state index is 0.0129. The van der Waals surface area contributed by atoms with Crippen molar-refractivity contribution in [3.05, 3.63) is 0 Å². The number of esters is 1. The number of hydrogen-bond donors (Lipinski definition) is 1. The van der Waals surface area contributed by atoms with Crippen molar-refractivity contribution in [3.63, 3.8) is 0 Å². The van der Waals surface area contributed by atoms with E-state index in [1.807, 2.05) is 0 Å². The van der Waals surface area contributed by atoms with Gasteiger partial charge in [0.25, 0.3) is 0 Å². The molecule has 1 saturated carbocycles. The molecule has 19 heavy (non-hydrogen) atoms. The number of hydrogen-bond acceptors (Lipinski definition) is 4. The summed E-state index contributed by atoms with van der Waals surface area (Å²) < 4.78 is 9.93. The molecule has 0 heterocycles. The van der Waals surface area contributed by atoms with Gasteiger partial charge in [0.1, 0.15) is 6.04 Å². The second kappa shape index (κ2) is 8.91. The van der Waals surface area contributed by atoms with Gasteiger partial charge in [-0.1, -0.05) is 19.3 Å². The van der Waals surface area contributed by atoms with Crippen molar-refractivity contribution in [1.82, 2.24) is 5.32 Å². The molecule has 0 saturated heterocycles. The highest BCUT2D eigenvalue weighted by molar-refractivity contribution is 5.85. The predicted octanol–water partition coefficient (Wildman–Crippen LogP) is 1.65. The SMILES string of the molecule is COCCCOC(=O)C(C)NC(=O)C1CCCCC1. The molecule has 0 bridgehead atoms. The lowest BCUT2D eigenvalue weighted by atomic mass is 9.88. The van der Waals surface area contributed by atoms with Crippen molar-refractivity contribution in [3.8, 4) is 0 Å². The van der Waals surface area contributed by atoms with Gasteiger partial charge >= 0.3 is 5.97 Å². The monoisotopic (exact) mass is 271 g/mol. The van der Waals surface area contributed by atoms with E-state index in [0.29, 0.717) is 19.6 Å². The molecule has 1 fully saturated rings. The Morgan fingerprint density at radius 3 is 2.53 bits per heavy atom. The topological polar surface area (TPSA) is 64.6 Å². The van der Waals surface area contributed by atoms with Crippen LogP contribution in [0.25, 0.3) is 0 Å². The molecule has 110 valence electrons. The molecule has 0 aromatic heterocycles. The van der Waals surface area contributed by atoms with Gasteiger partial charge in [0.05, 0.1) is 6.61 Å². The maximum absolute atomic E-state index is 12.0. The highest BCUT2D eigenvalue weighted by atomic mass is 16.5. The molecular formula is C14H25NO4. The van der Waals surface area contributed by atoms with Crippen LogP contribution in [-0.2, 0) is 19.1 Å². The third-order valence-electron chi connectivity index (χ3n) is 3.43. The van der Waals surface area contributed by atoms with E-state index in [4.69, 9.17) is 9.47 Å². The fraction of sp³-hybridized carbons (Fsp3) is 0.857. The summed E-state index contributed by atoms with van der Waals surface area (Å²) >= 11 is 0. The molecular weight excluding hydrogens is 246 g/mol. The van der Waals surface area contributed by atoms with Crippen LogP contribution in [0.1, 0.15) is 45.4 Å². The third-order valence-corrected chi connectivity index (χ3v) is 3.43. The zero-order valence-electron chi connectivity index (χ0n) is 11.9. The third kappa shape index (κ3) is 6.05. The first-order valence-corrected chi connectivity index (χ1v) is 7.11. The Morgan fingerprint density at radius 1 is 1.21 bits per heavy atom. The minimum atomic E-state index is -0.572. The van der Waals surface area contributed by atoms with Crippen LogP contribution < -0.4 is 5.32 Å². The molecule has 1 rings (SSSR count).